The molecule has 0 aromatic heterocycles. The Bertz CT molecular complexity index is 444. The van der Waals surface area contributed by atoms with Crippen LogP contribution in [0, 0.1) is 17.1 Å². The molecule has 1 atom stereocenters. The number of halogens is 1. The fraction of sp³-hybridized carbons (Fsp3) is 0.417. The Balaban J connectivity index is 2.05. The molecular weight excluding hydrogens is 221 g/mol. The van der Waals surface area contributed by atoms with Gasteiger partial charge in [0, 0.05) is 25.3 Å². The van der Waals surface area contributed by atoms with Gasteiger partial charge in [0.25, 0.3) is 0 Å². The third-order valence-electron chi connectivity index (χ3n) is 2.79. The van der Waals surface area contributed by atoms with Gasteiger partial charge in [-0.1, -0.05) is 0 Å². The topological polar surface area (TPSA) is 62.3 Å². The highest BCUT2D eigenvalue weighted by Gasteiger charge is 2.20. The van der Waals surface area contributed by atoms with Gasteiger partial charge in [0.05, 0.1) is 12.7 Å². The van der Waals surface area contributed by atoms with Crippen LogP contribution in [0.4, 0.5) is 10.1 Å². The van der Waals surface area contributed by atoms with E-state index in [4.69, 9.17) is 15.7 Å². The molecule has 2 rings (SSSR count). The molecule has 0 aliphatic carbocycles. The van der Waals surface area contributed by atoms with E-state index in [2.05, 4.69) is 6.07 Å². The maximum Gasteiger partial charge on any atom is 0.156 e. The smallest absolute Gasteiger partial charge is 0.156 e. The van der Waals surface area contributed by atoms with Crippen LogP contribution in [0.25, 0.3) is 0 Å². The standard InChI is InChI=1S/C12H14FN3O/c13-10-1-2-12(15)9(5-10)7-16-3-4-17-11(6-14)8-16/h1-2,5,11H,3-4,7-8,15H2. The molecule has 1 fully saturated rings. The Hall–Kier alpha value is -1.64. The number of rotatable bonds is 2. The van der Waals surface area contributed by atoms with Crippen LogP contribution in [0.2, 0.25) is 0 Å². The average Bonchev–Trinajstić information content (AvgIpc) is 2.34. The normalized spacial score (nSPS) is 21.1. The van der Waals surface area contributed by atoms with Crippen molar-refractivity contribution in [1.29, 1.82) is 5.26 Å². The van der Waals surface area contributed by atoms with Crippen molar-refractivity contribution in [2.24, 2.45) is 0 Å². The number of hydrogen-bond acceptors (Lipinski definition) is 4. The fourth-order valence-corrected chi connectivity index (χ4v) is 1.88. The molecule has 5 heteroatoms. The van der Waals surface area contributed by atoms with Crippen LogP contribution in [0.5, 0.6) is 0 Å². The van der Waals surface area contributed by atoms with Crippen LogP contribution >= 0.6 is 0 Å². The van der Waals surface area contributed by atoms with Crippen LogP contribution < -0.4 is 5.73 Å². The second kappa shape index (κ2) is 5.13. The van der Waals surface area contributed by atoms with E-state index < -0.39 is 6.10 Å². The lowest BCUT2D eigenvalue weighted by molar-refractivity contribution is -0.00264. The van der Waals surface area contributed by atoms with Crippen molar-refractivity contribution in [2.45, 2.75) is 12.6 Å². The summed E-state index contributed by atoms with van der Waals surface area (Å²) in [6.45, 7) is 2.33. The molecule has 1 aromatic rings. The summed E-state index contributed by atoms with van der Waals surface area (Å²) in [5, 5.41) is 8.79. The quantitative estimate of drug-likeness (QED) is 0.781. The zero-order valence-corrected chi connectivity index (χ0v) is 9.40. The molecule has 1 saturated heterocycles. The molecule has 0 radical (unpaired) electrons. The Labute approximate surface area is 99.4 Å². The number of morpholine rings is 1. The predicted molar refractivity (Wildman–Crippen MR) is 61.4 cm³/mol. The number of ether oxygens (including phenoxy) is 1. The molecule has 2 N–H and O–H groups in total. The van der Waals surface area contributed by atoms with Crippen molar-refractivity contribution in [3.63, 3.8) is 0 Å². The second-order valence-electron chi connectivity index (χ2n) is 4.07. The van der Waals surface area contributed by atoms with Gasteiger partial charge < -0.3 is 10.5 Å². The molecule has 1 aliphatic rings. The minimum Gasteiger partial charge on any atom is -0.398 e. The lowest BCUT2D eigenvalue weighted by atomic mass is 10.1. The lowest BCUT2D eigenvalue weighted by Gasteiger charge is -2.29. The van der Waals surface area contributed by atoms with E-state index in [0.717, 1.165) is 12.1 Å². The summed E-state index contributed by atoms with van der Waals surface area (Å²) in [6, 6.07) is 6.42. The number of anilines is 1. The summed E-state index contributed by atoms with van der Waals surface area (Å²) >= 11 is 0. The number of nitrogens with zero attached hydrogens (tertiary/aromatic N) is 2. The van der Waals surface area contributed by atoms with E-state index in [1.54, 1.807) is 6.07 Å². The van der Waals surface area contributed by atoms with Gasteiger partial charge in [-0.05, 0) is 23.8 Å². The molecule has 0 spiro atoms. The van der Waals surface area contributed by atoms with Gasteiger partial charge in [0.2, 0.25) is 0 Å². The third kappa shape index (κ3) is 2.93. The Morgan fingerprint density at radius 3 is 3.18 bits per heavy atom. The molecule has 1 unspecified atom stereocenters. The van der Waals surface area contributed by atoms with Crippen molar-refractivity contribution >= 4 is 5.69 Å². The first-order chi connectivity index (χ1) is 8.19. The molecular formula is C12H14FN3O. The number of hydrogen-bond donors (Lipinski definition) is 1. The van der Waals surface area contributed by atoms with Crippen molar-refractivity contribution in [3.8, 4) is 6.07 Å². The van der Waals surface area contributed by atoms with Gasteiger partial charge in [-0.2, -0.15) is 5.26 Å². The molecule has 90 valence electrons. The molecule has 1 heterocycles. The summed E-state index contributed by atoms with van der Waals surface area (Å²) < 4.78 is 18.3. The van der Waals surface area contributed by atoms with E-state index in [1.165, 1.54) is 12.1 Å². The second-order valence-corrected chi connectivity index (χ2v) is 4.07. The summed E-state index contributed by atoms with van der Waals surface area (Å²) in [4.78, 5) is 2.04. The van der Waals surface area contributed by atoms with Crippen LogP contribution in [-0.4, -0.2) is 30.7 Å². The van der Waals surface area contributed by atoms with Crippen molar-refractivity contribution in [1.82, 2.24) is 4.90 Å². The largest absolute Gasteiger partial charge is 0.398 e. The van der Waals surface area contributed by atoms with E-state index in [1.807, 2.05) is 4.90 Å². The van der Waals surface area contributed by atoms with Gasteiger partial charge in [-0.15, -0.1) is 0 Å². The minimum absolute atomic E-state index is 0.292. The third-order valence-corrected chi connectivity index (χ3v) is 2.79. The fourth-order valence-electron chi connectivity index (χ4n) is 1.88. The molecule has 1 aromatic carbocycles. The number of nitrogen functional groups attached to an aromatic ring is 1. The van der Waals surface area contributed by atoms with E-state index >= 15 is 0 Å². The molecule has 4 nitrogen and oxygen atoms in total. The highest BCUT2D eigenvalue weighted by Crippen LogP contribution is 2.17. The average molecular weight is 235 g/mol. The summed E-state index contributed by atoms with van der Waals surface area (Å²) in [7, 11) is 0. The molecule has 0 amide bonds. The van der Waals surface area contributed by atoms with Gasteiger partial charge in [0.1, 0.15) is 5.82 Å². The molecule has 1 aliphatic heterocycles. The minimum atomic E-state index is -0.404. The van der Waals surface area contributed by atoms with Gasteiger partial charge in [-0.25, -0.2) is 4.39 Å². The summed E-state index contributed by atoms with van der Waals surface area (Å²) in [5.41, 5.74) is 7.11. The molecule has 17 heavy (non-hydrogen) atoms. The molecule has 0 saturated carbocycles. The van der Waals surface area contributed by atoms with E-state index in [0.29, 0.717) is 25.4 Å². The van der Waals surface area contributed by atoms with Gasteiger partial charge >= 0.3 is 0 Å². The van der Waals surface area contributed by atoms with Crippen molar-refractivity contribution in [2.75, 3.05) is 25.4 Å². The summed E-state index contributed by atoms with van der Waals surface area (Å²) in [6.07, 6.45) is -0.404. The first kappa shape index (κ1) is 11.8. The zero-order valence-electron chi connectivity index (χ0n) is 9.40. The van der Waals surface area contributed by atoms with Gasteiger partial charge in [0.15, 0.2) is 6.10 Å². The highest BCUT2D eigenvalue weighted by molar-refractivity contribution is 5.46. The lowest BCUT2D eigenvalue weighted by Crippen LogP contribution is -2.41. The predicted octanol–water partition coefficient (Wildman–Crippen LogP) is 1.13. The summed E-state index contributed by atoms with van der Waals surface area (Å²) in [5.74, 6) is -0.292. The Morgan fingerprint density at radius 1 is 1.59 bits per heavy atom. The van der Waals surface area contributed by atoms with Crippen molar-refractivity contribution < 1.29 is 9.13 Å². The monoisotopic (exact) mass is 235 g/mol. The number of nitriles is 1. The van der Waals surface area contributed by atoms with Crippen LogP contribution in [0.1, 0.15) is 5.56 Å². The number of benzene rings is 1. The Morgan fingerprint density at radius 2 is 2.41 bits per heavy atom. The highest BCUT2D eigenvalue weighted by atomic mass is 19.1. The van der Waals surface area contributed by atoms with Gasteiger partial charge in [-0.3, -0.25) is 4.90 Å². The Kier molecular flexibility index (Phi) is 3.57. The maximum absolute atomic E-state index is 13.1. The number of nitrogens with two attached hydrogens (primary N) is 1. The first-order valence-corrected chi connectivity index (χ1v) is 5.46. The maximum atomic E-state index is 13.1. The first-order valence-electron chi connectivity index (χ1n) is 5.46. The molecule has 0 bridgehead atoms. The zero-order chi connectivity index (χ0) is 12.3. The van der Waals surface area contributed by atoms with E-state index in [-0.39, 0.29) is 5.82 Å². The van der Waals surface area contributed by atoms with Crippen LogP contribution in [-0.2, 0) is 11.3 Å². The van der Waals surface area contributed by atoms with Crippen LogP contribution in [0.15, 0.2) is 18.2 Å². The van der Waals surface area contributed by atoms with Crippen LogP contribution in [0.3, 0.4) is 0 Å². The van der Waals surface area contributed by atoms with E-state index in [9.17, 15) is 4.39 Å². The van der Waals surface area contributed by atoms with Crippen molar-refractivity contribution in [3.05, 3.63) is 29.6 Å². The SMILES string of the molecule is N#CC1CN(Cc2cc(F)ccc2N)CCO1.